The standard InChI is InChI=1S/C8H4BrCl2NO2S/c9-7-1-5(3-10)2-8(6(7)4-12)15(11,13)14/h1-2H,3H2. The average molecular weight is 329 g/mol. The molecule has 7 heteroatoms. The van der Waals surface area contributed by atoms with Gasteiger partial charge in [0.25, 0.3) is 9.05 Å². The maximum absolute atomic E-state index is 11.2. The second-order valence-electron chi connectivity index (χ2n) is 2.63. The maximum Gasteiger partial charge on any atom is 0.262 e. The molecule has 0 saturated carbocycles. The molecule has 0 saturated heterocycles. The monoisotopic (exact) mass is 327 g/mol. The summed E-state index contributed by atoms with van der Waals surface area (Å²) in [4.78, 5) is -0.225. The molecule has 0 fully saturated rings. The van der Waals surface area contributed by atoms with Crippen molar-refractivity contribution in [3.05, 3.63) is 27.7 Å². The molecule has 0 aliphatic heterocycles. The Balaban J connectivity index is 3.63. The second-order valence-corrected chi connectivity index (χ2v) is 6.29. The molecule has 0 unspecified atom stereocenters. The molecule has 1 aromatic rings. The summed E-state index contributed by atoms with van der Waals surface area (Å²) < 4.78 is 22.7. The Morgan fingerprint density at radius 3 is 2.47 bits per heavy atom. The maximum atomic E-state index is 11.2. The summed E-state index contributed by atoms with van der Waals surface area (Å²) in [7, 11) is 1.26. The van der Waals surface area contributed by atoms with Crippen LogP contribution in [0.15, 0.2) is 21.5 Å². The van der Waals surface area contributed by atoms with Crippen molar-refractivity contribution in [1.82, 2.24) is 0 Å². The first-order chi connectivity index (χ1) is 6.90. The van der Waals surface area contributed by atoms with Gasteiger partial charge in [-0.2, -0.15) is 5.26 Å². The fourth-order valence-corrected chi connectivity index (χ4v) is 2.95. The van der Waals surface area contributed by atoms with Crippen LogP contribution in [0.2, 0.25) is 0 Å². The SMILES string of the molecule is N#Cc1c(Br)cc(CCl)cc1S(=O)(=O)Cl. The van der Waals surface area contributed by atoms with Crippen molar-refractivity contribution >= 4 is 47.3 Å². The minimum atomic E-state index is -3.94. The molecule has 0 bridgehead atoms. The first-order valence-corrected chi connectivity index (χ1v) is 7.27. The second kappa shape index (κ2) is 4.71. The quantitative estimate of drug-likeness (QED) is 0.619. The first kappa shape index (κ1) is 12.8. The number of halogens is 3. The van der Waals surface area contributed by atoms with Crippen LogP contribution in [-0.2, 0) is 14.9 Å². The molecule has 80 valence electrons. The molecular formula is C8H4BrCl2NO2S. The summed E-state index contributed by atoms with van der Waals surface area (Å²) in [5.74, 6) is 0.143. The van der Waals surface area contributed by atoms with E-state index in [9.17, 15) is 8.42 Å². The highest BCUT2D eigenvalue weighted by atomic mass is 79.9. The number of nitriles is 1. The molecule has 0 spiro atoms. The zero-order chi connectivity index (χ0) is 11.6. The van der Waals surface area contributed by atoms with E-state index < -0.39 is 9.05 Å². The van der Waals surface area contributed by atoms with Crippen molar-refractivity contribution in [3.63, 3.8) is 0 Å². The lowest BCUT2D eigenvalue weighted by molar-refractivity contribution is 0.609. The average Bonchev–Trinajstić information content (AvgIpc) is 2.15. The zero-order valence-corrected chi connectivity index (χ0v) is 11.1. The van der Waals surface area contributed by atoms with E-state index in [0.717, 1.165) is 0 Å². The number of alkyl halides is 1. The molecule has 0 amide bonds. The Morgan fingerprint density at radius 1 is 1.47 bits per heavy atom. The molecular weight excluding hydrogens is 325 g/mol. The molecule has 0 radical (unpaired) electrons. The van der Waals surface area contributed by atoms with E-state index in [4.69, 9.17) is 27.5 Å². The van der Waals surface area contributed by atoms with Crippen LogP contribution in [-0.4, -0.2) is 8.42 Å². The van der Waals surface area contributed by atoms with Gasteiger partial charge in [0.1, 0.15) is 11.0 Å². The molecule has 1 rings (SSSR count). The van der Waals surface area contributed by atoms with Crippen LogP contribution in [0, 0.1) is 11.3 Å². The topological polar surface area (TPSA) is 57.9 Å². The molecule has 0 aliphatic carbocycles. The van der Waals surface area contributed by atoms with Gasteiger partial charge in [0, 0.05) is 21.0 Å². The third kappa shape index (κ3) is 2.85. The molecule has 0 aliphatic rings. The third-order valence-electron chi connectivity index (χ3n) is 1.64. The van der Waals surface area contributed by atoms with E-state index >= 15 is 0 Å². The molecule has 0 atom stereocenters. The minimum absolute atomic E-state index is 0.0149. The molecule has 0 heterocycles. The van der Waals surface area contributed by atoms with Crippen molar-refractivity contribution in [2.45, 2.75) is 10.8 Å². The van der Waals surface area contributed by atoms with E-state index in [1.54, 1.807) is 12.1 Å². The van der Waals surface area contributed by atoms with Gasteiger partial charge in [-0.1, -0.05) is 0 Å². The van der Waals surface area contributed by atoms with Crippen molar-refractivity contribution in [2.24, 2.45) is 0 Å². The Labute approximate surface area is 105 Å². The van der Waals surface area contributed by atoms with Gasteiger partial charge in [0.05, 0.1) is 5.56 Å². The van der Waals surface area contributed by atoms with Gasteiger partial charge in [-0.25, -0.2) is 8.42 Å². The highest BCUT2D eigenvalue weighted by Crippen LogP contribution is 2.28. The van der Waals surface area contributed by atoms with Crippen molar-refractivity contribution in [2.75, 3.05) is 0 Å². The highest BCUT2D eigenvalue weighted by molar-refractivity contribution is 9.10. The molecule has 1 aromatic carbocycles. The van der Waals surface area contributed by atoms with Crippen LogP contribution in [0.4, 0.5) is 0 Å². The molecule has 15 heavy (non-hydrogen) atoms. The summed E-state index contributed by atoms with van der Waals surface area (Å²) in [6, 6.07) is 4.64. The predicted molar refractivity (Wildman–Crippen MR) is 61.5 cm³/mol. The summed E-state index contributed by atoms with van der Waals surface area (Å²) in [5, 5.41) is 8.79. The number of rotatable bonds is 2. The van der Waals surface area contributed by atoms with Crippen LogP contribution in [0.3, 0.4) is 0 Å². The first-order valence-electron chi connectivity index (χ1n) is 3.63. The molecule has 0 N–H and O–H groups in total. The van der Waals surface area contributed by atoms with E-state index in [1.807, 2.05) is 0 Å². The predicted octanol–water partition coefficient (Wildman–Crippen LogP) is 2.99. The van der Waals surface area contributed by atoms with Gasteiger partial charge in [-0.3, -0.25) is 0 Å². The fourth-order valence-electron chi connectivity index (χ4n) is 1.01. The number of hydrogen-bond acceptors (Lipinski definition) is 3. The van der Waals surface area contributed by atoms with E-state index in [1.165, 1.54) is 6.07 Å². The summed E-state index contributed by atoms with van der Waals surface area (Å²) in [6.45, 7) is 0. The lowest BCUT2D eigenvalue weighted by Crippen LogP contribution is -1.98. The van der Waals surface area contributed by atoms with Crippen LogP contribution in [0.5, 0.6) is 0 Å². The van der Waals surface area contributed by atoms with Gasteiger partial charge in [-0.05, 0) is 33.6 Å². The van der Waals surface area contributed by atoms with E-state index in [-0.39, 0.29) is 16.3 Å². The fraction of sp³-hybridized carbons (Fsp3) is 0.125. The summed E-state index contributed by atoms with van der Waals surface area (Å²) in [5.41, 5.74) is 0.556. The smallest absolute Gasteiger partial charge is 0.207 e. The van der Waals surface area contributed by atoms with Crippen molar-refractivity contribution in [1.29, 1.82) is 5.26 Å². The third-order valence-corrected chi connectivity index (χ3v) is 3.92. The normalized spacial score (nSPS) is 11.1. The number of nitrogens with zero attached hydrogens (tertiary/aromatic N) is 1. The van der Waals surface area contributed by atoms with Gasteiger partial charge in [0.2, 0.25) is 0 Å². The summed E-state index contributed by atoms with van der Waals surface area (Å²) >= 11 is 8.66. The van der Waals surface area contributed by atoms with E-state index in [0.29, 0.717) is 10.0 Å². The van der Waals surface area contributed by atoms with Crippen LogP contribution in [0.1, 0.15) is 11.1 Å². The van der Waals surface area contributed by atoms with E-state index in [2.05, 4.69) is 15.9 Å². The van der Waals surface area contributed by atoms with Gasteiger partial charge in [-0.15, -0.1) is 11.6 Å². The number of benzene rings is 1. The van der Waals surface area contributed by atoms with Crippen LogP contribution in [0.25, 0.3) is 0 Å². The highest BCUT2D eigenvalue weighted by Gasteiger charge is 2.19. The van der Waals surface area contributed by atoms with Crippen molar-refractivity contribution in [3.8, 4) is 6.07 Å². The molecule has 3 nitrogen and oxygen atoms in total. The van der Waals surface area contributed by atoms with Crippen LogP contribution < -0.4 is 0 Å². The lowest BCUT2D eigenvalue weighted by atomic mass is 10.2. The largest absolute Gasteiger partial charge is 0.262 e. The van der Waals surface area contributed by atoms with Gasteiger partial charge < -0.3 is 0 Å². The Bertz CT molecular complexity index is 536. The minimum Gasteiger partial charge on any atom is -0.207 e. The van der Waals surface area contributed by atoms with Crippen molar-refractivity contribution < 1.29 is 8.42 Å². The Hall–Kier alpha value is -0.280. The Kier molecular flexibility index (Phi) is 4.01. The zero-order valence-electron chi connectivity index (χ0n) is 7.17. The number of hydrogen-bond donors (Lipinski definition) is 0. The lowest BCUT2D eigenvalue weighted by Gasteiger charge is -2.04. The molecule has 0 aromatic heterocycles. The van der Waals surface area contributed by atoms with Gasteiger partial charge >= 0.3 is 0 Å². The van der Waals surface area contributed by atoms with Gasteiger partial charge in [0.15, 0.2) is 0 Å². The van der Waals surface area contributed by atoms with Crippen LogP contribution >= 0.6 is 38.2 Å². The Morgan fingerprint density at radius 2 is 2.07 bits per heavy atom. The summed E-state index contributed by atoms with van der Waals surface area (Å²) in [6.07, 6.45) is 0.